The van der Waals surface area contributed by atoms with Crippen LogP contribution in [0.4, 0.5) is 0 Å². The van der Waals surface area contributed by atoms with Crippen molar-refractivity contribution < 1.29 is 38.9 Å². The maximum atomic E-state index is 13.9. The molecule has 50 heavy (non-hydrogen) atoms. The summed E-state index contributed by atoms with van der Waals surface area (Å²) in [5, 5.41) is 24.9. The van der Waals surface area contributed by atoms with Gasteiger partial charge in [-0.15, -0.1) is 0 Å². The number of esters is 1. The first-order valence-corrected chi connectivity index (χ1v) is 17.6. The van der Waals surface area contributed by atoms with Crippen LogP contribution in [0.1, 0.15) is 67.6 Å². The molecule has 0 bridgehead atoms. The van der Waals surface area contributed by atoms with Crippen LogP contribution in [-0.2, 0) is 25.5 Å². The maximum Gasteiger partial charge on any atom is 0.310 e. The quantitative estimate of drug-likeness (QED) is 0.289. The Bertz CT molecular complexity index is 1990. The molecule has 2 N–H and O–H groups in total. The molecule has 2 aromatic carbocycles. The number of fused-ring (bicyclic) bond motifs is 6. The van der Waals surface area contributed by atoms with E-state index in [9.17, 15) is 29.4 Å². The van der Waals surface area contributed by atoms with Crippen molar-refractivity contribution in [3.63, 3.8) is 0 Å². The molecule has 0 aliphatic heterocycles. The molecule has 4 aliphatic rings. The summed E-state index contributed by atoms with van der Waals surface area (Å²) in [5.74, 6) is -1.12. The molecule has 0 unspecified atom stereocenters. The number of carbonyl (C=O) groups excluding carboxylic acids is 4. The standard InChI is InChI=1S/C40H42ClNO8/c1-22-29(30-18-27(49-4)10-12-32(30)42(22)37(47)23-5-8-25(41)9-6-23)19-35(46)50-21-34(45)40(48)16-14-31-28-11-7-24-17-26(43)13-15-38(24,2)36(28)33(44)20-39(31,40)3/h5-6,8-10,12-13,15,17-18,28,31,33,36,44,48H,7,11,14,16,19-21H2,1-4H3/t28-,31-,33-,36+,38-,39-,40-/m0/s1. The summed E-state index contributed by atoms with van der Waals surface area (Å²) >= 11 is 6.04. The fourth-order valence-electron chi connectivity index (χ4n) is 10.0. The lowest BCUT2D eigenvalue weighted by molar-refractivity contribution is -0.181. The van der Waals surface area contributed by atoms with Crippen LogP contribution in [-0.4, -0.2) is 63.6 Å². The summed E-state index contributed by atoms with van der Waals surface area (Å²) in [6, 6.07) is 11.8. The second kappa shape index (κ2) is 12.3. The van der Waals surface area contributed by atoms with Gasteiger partial charge in [-0.2, -0.15) is 0 Å². The van der Waals surface area contributed by atoms with E-state index < -0.39 is 40.9 Å². The van der Waals surface area contributed by atoms with E-state index in [-0.39, 0.29) is 48.7 Å². The van der Waals surface area contributed by atoms with Crippen molar-refractivity contribution in [3.05, 3.63) is 88.1 Å². The third-order valence-electron chi connectivity index (χ3n) is 12.6. The van der Waals surface area contributed by atoms with Gasteiger partial charge in [-0.1, -0.05) is 37.1 Å². The second-order valence-electron chi connectivity index (χ2n) is 15.0. The molecular weight excluding hydrogens is 658 g/mol. The monoisotopic (exact) mass is 699 g/mol. The highest BCUT2D eigenvalue weighted by Gasteiger charge is 2.68. The first kappa shape index (κ1) is 34.4. The lowest BCUT2D eigenvalue weighted by Gasteiger charge is -2.59. The molecule has 0 amide bonds. The number of aliphatic hydroxyl groups is 2. The number of hydrogen-bond acceptors (Lipinski definition) is 8. The molecule has 4 aliphatic carbocycles. The Kier molecular flexibility index (Phi) is 8.48. The molecule has 1 aromatic heterocycles. The van der Waals surface area contributed by atoms with Crippen molar-refractivity contribution in [1.29, 1.82) is 0 Å². The van der Waals surface area contributed by atoms with E-state index in [1.165, 1.54) is 7.11 Å². The minimum Gasteiger partial charge on any atom is -0.497 e. The van der Waals surface area contributed by atoms with Crippen molar-refractivity contribution >= 4 is 45.9 Å². The fourth-order valence-corrected chi connectivity index (χ4v) is 10.2. The van der Waals surface area contributed by atoms with E-state index in [2.05, 4.69) is 6.92 Å². The molecule has 9 nitrogen and oxygen atoms in total. The SMILES string of the molecule is COc1ccc2c(c1)c(CC(=O)OCC(=O)[C@@]1(O)CC[C@H]3[C@@H]4CCC5=CC(=O)C=C[C@]5(C)[C@H]4[C@@H](O)C[C@@]31C)c(C)n2C(=O)c1ccc(Cl)cc1. The predicted octanol–water partition coefficient (Wildman–Crippen LogP) is 5.96. The van der Waals surface area contributed by atoms with Crippen LogP contribution < -0.4 is 4.74 Å². The predicted molar refractivity (Wildman–Crippen MR) is 187 cm³/mol. The third kappa shape index (κ3) is 5.19. The lowest BCUT2D eigenvalue weighted by atomic mass is 9.46. The van der Waals surface area contributed by atoms with E-state index in [1.54, 1.807) is 66.1 Å². The zero-order chi connectivity index (χ0) is 35.7. The molecule has 3 fully saturated rings. The minimum atomic E-state index is -1.77. The van der Waals surface area contributed by atoms with Gasteiger partial charge < -0.3 is 19.7 Å². The highest BCUT2D eigenvalue weighted by molar-refractivity contribution is 6.30. The fraction of sp³-hybridized carbons (Fsp3) is 0.450. The van der Waals surface area contributed by atoms with Gasteiger partial charge >= 0.3 is 5.97 Å². The molecule has 7 rings (SSSR count). The third-order valence-corrected chi connectivity index (χ3v) is 12.9. The number of aromatic nitrogens is 1. The van der Waals surface area contributed by atoms with E-state index in [0.717, 1.165) is 18.4 Å². The van der Waals surface area contributed by atoms with Crippen LogP contribution in [0.3, 0.4) is 0 Å². The lowest BCUT2D eigenvalue weighted by Crippen LogP contribution is -2.61. The molecule has 0 radical (unpaired) electrons. The summed E-state index contributed by atoms with van der Waals surface area (Å²) in [6.45, 7) is 5.12. The van der Waals surface area contributed by atoms with Crippen LogP contribution in [0.2, 0.25) is 5.02 Å². The minimum absolute atomic E-state index is 0.0214. The second-order valence-corrected chi connectivity index (χ2v) is 15.4. The first-order chi connectivity index (χ1) is 23.7. The number of allylic oxidation sites excluding steroid dienone is 4. The Morgan fingerprint density at radius 1 is 1.08 bits per heavy atom. The number of carbonyl (C=O) groups is 4. The molecule has 0 saturated heterocycles. The van der Waals surface area contributed by atoms with Crippen molar-refractivity contribution in [1.82, 2.24) is 4.57 Å². The van der Waals surface area contributed by atoms with E-state index in [4.69, 9.17) is 21.1 Å². The van der Waals surface area contributed by atoms with Gasteiger partial charge in [0.2, 0.25) is 5.78 Å². The first-order valence-electron chi connectivity index (χ1n) is 17.2. The number of methoxy groups -OCH3 is 1. The highest BCUT2D eigenvalue weighted by Crippen LogP contribution is 2.67. The average Bonchev–Trinajstić information content (AvgIpc) is 3.52. The van der Waals surface area contributed by atoms with Crippen LogP contribution in [0.25, 0.3) is 10.9 Å². The van der Waals surface area contributed by atoms with Crippen molar-refractivity contribution in [2.45, 2.75) is 71.0 Å². The highest BCUT2D eigenvalue weighted by atomic mass is 35.5. The molecule has 3 aromatic rings. The summed E-state index contributed by atoms with van der Waals surface area (Å²) in [6.07, 6.45) is 6.76. The number of nitrogens with zero attached hydrogens (tertiary/aromatic N) is 1. The Morgan fingerprint density at radius 3 is 2.54 bits per heavy atom. The molecular formula is C40H42ClNO8. The van der Waals surface area contributed by atoms with Crippen LogP contribution in [0.15, 0.2) is 66.3 Å². The number of rotatable bonds is 7. The number of Topliss-reactive ketones (excluding diaryl/α,β-unsaturated/α-hetero) is 1. The van der Waals surface area contributed by atoms with E-state index in [1.807, 2.05) is 13.0 Å². The molecule has 0 spiro atoms. The number of hydrogen-bond donors (Lipinski definition) is 2. The van der Waals surface area contributed by atoms with Gasteiger partial charge in [0.1, 0.15) is 11.4 Å². The van der Waals surface area contributed by atoms with Gasteiger partial charge in [-0.25, -0.2) is 0 Å². The number of ether oxygens (including phenoxy) is 2. The number of aliphatic hydroxyl groups excluding tert-OH is 1. The number of halogens is 1. The Balaban J connectivity index is 1.10. The summed E-state index contributed by atoms with van der Waals surface area (Å²) < 4.78 is 12.5. The van der Waals surface area contributed by atoms with Crippen LogP contribution in [0.5, 0.6) is 5.75 Å². The van der Waals surface area contributed by atoms with Crippen LogP contribution >= 0.6 is 11.6 Å². The van der Waals surface area contributed by atoms with Crippen molar-refractivity contribution in [2.75, 3.05) is 13.7 Å². The topological polar surface area (TPSA) is 132 Å². The normalized spacial score (nSPS) is 31.4. The Hall–Kier alpha value is -4.05. The van der Waals surface area contributed by atoms with Crippen molar-refractivity contribution in [3.8, 4) is 5.75 Å². The van der Waals surface area contributed by atoms with Crippen LogP contribution in [0, 0.1) is 35.5 Å². The number of ketones is 2. The van der Waals surface area contributed by atoms with Gasteiger partial charge in [0.25, 0.3) is 5.91 Å². The van der Waals surface area contributed by atoms with E-state index in [0.29, 0.717) is 44.9 Å². The molecule has 3 saturated carbocycles. The van der Waals surface area contributed by atoms with Crippen molar-refractivity contribution in [2.24, 2.45) is 28.6 Å². The smallest absolute Gasteiger partial charge is 0.310 e. The summed E-state index contributed by atoms with van der Waals surface area (Å²) in [5.41, 5.74) is 0.0108. The van der Waals surface area contributed by atoms with Gasteiger partial charge in [-0.3, -0.25) is 23.7 Å². The van der Waals surface area contributed by atoms with Gasteiger partial charge in [0.15, 0.2) is 12.4 Å². The Labute approximate surface area is 295 Å². The molecule has 262 valence electrons. The van der Waals surface area contributed by atoms with E-state index >= 15 is 0 Å². The zero-order valence-electron chi connectivity index (χ0n) is 28.7. The zero-order valence-corrected chi connectivity index (χ0v) is 29.5. The van der Waals surface area contributed by atoms with Gasteiger partial charge in [0, 0.05) is 38.4 Å². The molecule has 7 atom stereocenters. The average molecular weight is 700 g/mol. The van der Waals surface area contributed by atoms with Gasteiger partial charge in [-0.05, 0) is 111 Å². The largest absolute Gasteiger partial charge is 0.497 e. The molecule has 1 heterocycles. The summed E-state index contributed by atoms with van der Waals surface area (Å²) in [4.78, 5) is 53.1. The Morgan fingerprint density at radius 2 is 1.82 bits per heavy atom. The molecule has 10 heteroatoms. The van der Waals surface area contributed by atoms with Gasteiger partial charge in [0.05, 0.1) is 25.2 Å². The maximum absolute atomic E-state index is 13.9. The summed E-state index contributed by atoms with van der Waals surface area (Å²) in [7, 11) is 1.53. The number of benzene rings is 2.